The van der Waals surface area contributed by atoms with Crippen LogP contribution in [0.5, 0.6) is 17.2 Å². The Morgan fingerprint density at radius 2 is 1.75 bits per heavy atom. The Labute approximate surface area is 146 Å². The minimum atomic E-state index is -0.264. The van der Waals surface area contributed by atoms with Crippen LogP contribution in [0.1, 0.15) is 23.7 Å². The third-order valence-electron chi connectivity index (χ3n) is 3.31. The Balaban J connectivity index is 2.17. The van der Waals surface area contributed by atoms with Gasteiger partial charge in [0.05, 0.1) is 31.5 Å². The van der Waals surface area contributed by atoms with Gasteiger partial charge < -0.3 is 19.5 Å². The molecular weight excluding hydrogens is 330 g/mol. The van der Waals surface area contributed by atoms with E-state index in [1.807, 2.05) is 6.92 Å². The van der Waals surface area contributed by atoms with E-state index in [4.69, 9.17) is 25.8 Å². The number of benzene rings is 2. The molecule has 0 bridgehead atoms. The maximum atomic E-state index is 12.4. The Hall–Kier alpha value is -2.40. The van der Waals surface area contributed by atoms with E-state index in [1.54, 1.807) is 36.4 Å². The molecule has 2 rings (SSSR count). The van der Waals surface area contributed by atoms with Crippen LogP contribution < -0.4 is 19.5 Å². The van der Waals surface area contributed by atoms with Crippen molar-refractivity contribution in [3.63, 3.8) is 0 Å². The van der Waals surface area contributed by atoms with E-state index in [9.17, 15) is 4.79 Å². The lowest BCUT2D eigenvalue weighted by atomic mass is 10.2. The van der Waals surface area contributed by atoms with E-state index in [1.165, 1.54) is 14.2 Å². The number of carbonyl (C=O) groups is 1. The van der Waals surface area contributed by atoms with Gasteiger partial charge in [-0.05, 0) is 30.7 Å². The Kier molecular flexibility index (Phi) is 6.32. The molecule has 128 valence electrons. The summed E-state index contributed by atoms with van der Waals surface area (Å²) < 4.78 is 15.9. The second-order valence-corrected chi connectivity index (χ2v) is 5.42. The zero-order valence-electron chi connectivity index (χ0n) is 13.9. The van der Waals surface area contributed by atoms with Crippen molar-refractivity contribution >= 4 is 23.2 Å². The molecule has 0 aliphatic rings. The molecule has 0 saturated carbocycles. The van der Waals surface area contributed by atoms with Crippen LogP contribution in [-0.4, -0.2) is 26.7 Å². The van der Waals surface area contributed by atoms with Crippen LogP contribution >= 0.6 is 11.6 Å². The van der Waals surface area contributed by atoms with Crippen molar-refractivity contribution in [2.45, 2.75) is 13.3 Å². The van der Waals surface area contributed by atoms with Gasteiger partial charge in [0.25, 0.3) is 5.91 Å². The molecule has 1 amide bonds. The maximum absolute atomic E-state index is 12.4. The summed E-state index contributed by atoms with van der Waals surface area (Å²) in [5.74, 6) is 1.38. The number of methoxy groups -OCH3 is 2. The van der Waals surface area contributed by atoms with E-state index in [-0.39, 0.29) is 5.91 Å². The lowest BCUT2D eigenvalue weighted by Crippen LogP contribution is -2.12. The number of hydrogen-bond acceptors (Lipinski definition) is 4. The van der Waals surface area contributed by atoms with Crippen LogP contribution in [-0.2, 0) is 0 Å². The smallest absolute Gasteiger partial charge is 0.255 e. The summed E-state index contributed by atoms with van der Waals surface area (Å²) in [5.41, 5.74) is 0.991. The third kappa shape index (κ3) is 4.32. The van der Waals surface area contributed by atoms with Crippen LogP contribution in [0.4, 0.5) is 5.69 Å². The molecule has 0 atom stereocenters. The second-order valence-electron chi connectivity index (χ2n) is 5.01. The highest BCUT2D eigenvalue weighted by Crippen LogP contribution is 2.36. The number of rotatable bonds is 7. The molecule has 0 fully saturated rings. The Bertz CT molecular complexity index is 701. The highest BCUT2D eigenvalue weighted by atomic mass is 35.5. The van der Waals surface area contributed by atoms with E-state index >= 15 is 0 Å². The first-order chi connectivity index (χ1) is 11.6. The van der Waals surface area contributed by atoms with E-state index in [2.05, 4.69) is 5.32 Å². The number of hydrogen-bond donors (Lipinski definition) is 1. The van der Waals surface area contributed by atoms with Gasteiger partial charge in [0.15, 0.2) is 0 Å². The average molecular weight is 350 g/mol. The lowest BCUT2D eigenvalue weighted by molar-refractivity contribution is 0.102. The zero-order chi connectivity index (χ0) is 17.5. The molecule has 0 saturated heterocycles. The predicted molar refractivity (Wildman–Crippen MR) is 94.7 cm³/mol. The number of nitrogens with one attached hydrogen (secondary N) is 1. The highest BCUT2D eigenvalue weighted by Gasteiger charge is 2.13. The molecule has 0 aliphatic carbocycles. The summed E-state index contributed by atoms with van der Waals surface area (Å²) >= 11 is 6.06. The van der Waals surface area contributed by atoms with Gasteiger partial charge >= 0.3 is 0 Å². The number of anilines is 1. The molecule has 2 aromatic rings. The predicted octanol–water partition coefficient (Wildman–Crippen LogP) is 4.40. The lowest BCUT2D eigenvalue weighted by Gasteiger charge is -2.13. The average Bonchev–Trinajstić information content (AvgIpc) is 2.61. The Morgan fingerprint density at radius 1 is 1.08 bits per heavy atom. The van der Waals surface area contributed by atoms with Crippen molar-refractivity contribution in [3.05, 3.63) is 47.0 Å². The Morgan fingerprint density at radius 3 is 2.33 bits per heavy atom. The van der Waals surface area contributed by atoms with Crippen LogP contribution in [0.2, 0.25) is 5.02 Å². The summed E-state index contributed by atoms with van der Waals surface area (Å²) in [4.78, 5) is 12.4. The fraction of sp³-hybridized carbons (Fsp3) is 0.278. The monoisotopic (exact) mass is 349 g/mol. The van der Waals surface area contributed by atoms with Crippen LogP contribution in [0.3, 0.4) is 0 Å². The van der Waals surface area contributed by atoms with Crippen LogP contribution in [0.15, 0.2) is 36.4 Å². The molecule has 5 nitrogen and oxygen atoms in total. The quantitative estimate of drug-likeness (QED) is 0.805. The number of ether oxygens (including phenoxy) is 3. The van der Waals surface area contributed by atoms with Crippen molar-refractivity contribution in [1.82, 2.24) is 0 Å². The van der Waals surface area contributed by atoms with E-state index in [0.29, 0.717) is 34.4 Å². The normalized spacial score (nSPS) is 10.2. The number of amides is 1. The van der Waals surface area contributed by atoms with Gasteiger partial charge in [-0.15, -0.1) is 0 Å². The van der Waals surface area contributed by atoms with Gasteiger partial charge in [-0.2, -0.15) is 0 Å². The molecular formula is C18H20ClNO4. The van der Waals surface area contributed by atoms with Crippen molar-refractivity contribution in [2.24, 2.45) is 0 Å². The first kappa shape index (κ1) is 17.9. The van der Waals surface area contributed by atoms with Crippen molar-refractivity contribution < 1.29 is 19.0 Å². The molecule has 0 unspecified atom stereocenters. The highest BCUT2D eigenvalue weighted by molar-refractivity contribution is 6.32. The fourth-order valence-corrected chi connectivity index (χ4v) is 2.31. The largest absolute Gasteiger partial charge is 0.495 e. The molecule has 6 heteroatoms. The molecule has 0 radical (unpaired) electrons. The van der Waals surface area contributed by atoms with Crippen LogP contribution in [0, 0.1) is 0 Å². The van der Waals surface area contributed by atoms with Gasteiger partial charge in [-0.25, -0.2) is 0 Å². The summed E-state index contributed by atoms with van der Waals surface area (Å²) in [6.45, 7) is 2.68. The van der Waals surface area contributed by atoms with E-state index in [0.717, 1.165) is 12.2 Å². The van der Waals surface area contributed by atoms with Gasteiger partial charge in [-0.1, -0.05) is 18.5 Å². The maximum Gasteiger partial charge on any atom is 0.255 e. The molecule has 2 aromatic carbocycles. The molecule has 0 aliphatic heterocycles. The van der Waals surface area contributed by atoms with Crippen molar-refractivity contribution in [2.75, 3.05) is 26.1 Å². The minimum absolute atomic E-state index is 0.264. The van der Waals surface area contributed by atoms with Gasteiger partial charge in [-0.3, -0.25) is 4.79 Å². The zero-order valence-corrected chi connectivity index (χ0v) is 14.6. The summed E-state index contributed by atoms with van der Waals surface area (Å²) in [6, 6.07) is 10.2. The van der Waals surface area contributed by atoms with Crippen molar-refractivity contribution in [1.29, 1.82) is 0 Å². The van der Waals surface area contributed by atoms with Gasteiger partial charge in [0, 0.05) is 17.7 Å². The summed E-state index contributed by atoms with van der Waals surface area (Å²) in [5, 5.41) is 3.21. The number of halogens is 1. The first-order valence-electron chi connectivity index (χ1n) is 7.54. The summed E-state index contributed by atoms with van der Waals surface area (Å²) in [6.07, 6.45) is 0.931. The SMILES string of the molecule is CCCOc1ccc(C(=O)Nc2cc(OC)c(Cl)cc2OC)cc1. The van der Waals surface area contributed by atoms with Gasteiger partial charge in [0.2, 0.25) is 0 Å². The van der Waals surface area contributed by atoms with Crippen LogP contribution in [0.25, 0.3) is 0 Å². The molecule has 24 heavy (non-hydrogen) atoms. The number of carbonyl (C=O) groups excluding carboxylic acids is 1. The molecule has 0 spiro atoms. The first-order valence-corrected chi connectivity index (χ1v) is 7.92. The standard InChI is InChI=1S/C18H20ClNO4/c1-4-9-24-13-7-5-12(6-8-13)18(21)20-15-11-16(22-2)14(19)10-17(15)23-3/h5-8,10-11H,4,9H2,1-3H3,(H,20,21). The summed E-state index contributed by atoms with van der Waals surface area (Å²) in [7, 11) is 3.02. The van der Waals surface area contributed by atoms with E-state index < -0.39 is 0 Å². The molecule has 0 heterocycles. The second kappa shape index (κ2) is 8.45. The molecule has 1 N–H and O–H groups in total. The van der Waals surface area contributed by atoms with Gasteiger partial charge in [0.1, 0.15) is 17.2 Å². The third-order valence-corrected chi connectivity index (χ3v) is 3.61. The minimum Gasteiger partial charge on any atom is -0.495 e. The topological polar surface area (TPSA) is 56.8 Å². The molecule has 0 aromatic heterocycles. The fourth-order valence-electron chi connectivity index (χ4n) is 2.08. The van der Waals surface area contributed by atoms with Crippen molar-refractivity contribution in [3.8, 4) is 17.2 Å².